The summed E-state index contributed by atoms with van der Waals surface area (Å²) in [6.45, 7) is 4.27. The number of anilines is 2. The predicted molar refractivity (Wildman–Crippen MR) is 163 cm³/mol. The van der Waals surface area contributed by atoms with Crippen molar-refractivity contribution >= 4 is 28.6 Å². The first-order valence-corrected chi connectivity index (χ1v) is 15.2. The summed E-state index contributed by atoms with van der Waals surface area (Å²) in [5, 5.41) is 24.7. The fourth-order valence-electron chi connectivity index (χ4n) is 6.73. The number of benzene rings is 2. The Labute approximate surface area is 250 Å². The minimum Gasteiger partial charge on any atom is -0.465 e. The van der Waals surface area contributed by atoms with E-state index in [9.17, 15) is 15.0 Å². The van der Waals surface area contributed by atoms with Crippen LogP contribution in [-0.4, -0.2) is 92.5 Å². The first kappa shape index (κ1) is 27.8. The van der Waals surface area contributed by atoms with Crippen molar-refractivity contribution < 1.29 is 19.7 Å². The number of amides is 1. The van der Waals surface area contributed by atoms with E-state index in [1.807, 2.05) is 18.3 Å². The van der Waals surface area contributed by atoms with Gasteiger partial charge in [0, 0.05) is 44.0 Å². The monoisotopic (exact) mass is 583 g/mol. The van der Waals surface area contributed by atoms with Gasteiger partial charge >= 0.3 is 6.09 Å². The number of rotatable bonds is 8. The Hall–Kier alpha value is -4.06. The molecule has 224 valence electrons. The number of aliphatic hydroxyl groups is 1. The Morgan fingerprint density at radius 3 is 2.35 bits per heavy atom. The van der Waals surface area contributed by atoms with E-state index >= 15 is 0 Å². The lowest BCUT2D eigenvalue weighted by molar-refractivity contribution is 0.0303. The molecule has 2 aromatic carbocycles. The summed E-state index contributed by atoms with van der Waals surface area (Å²) in [5.41, 5.74) is 3.45. The van der Waals surface area contributed by atoms with Gasteiger partial charge in [-0.1, -0.05) is 30.3 Å². The molecule has 3 aliphatic rings. The number of hydrogen-bond donors (Lipinski definition) is 2. The number of fused-ring (bicyclic) bond motifs is 3. The van der Waals surface area contributed by atoms with Crippen LogP contribution in [0.25, 0.3) is 22.4 Å². The van der Waals surface area contributed by atoms with E-state index in [1.54, 1.807) is 12.1 Å². The van der Waals surface area contributed by atoms with Gasteiger partial charge in [-0.3, -0.25) is 9.80 Å². The van der Waals surface area contributed by atoms with Gasteiger partial charge in [0.25, 0.3) is 0 Å². The van der Waals surface area contributed by atoms with Crippen molar-refractivity contribution in [1.29, 1.82) is 0 Å². The molecule has 2 atom stereocenters. The molecule has 43 heavy (non-hydrogen) atoms. The van der Waals surface area contributed by atoms with Gasteiger partial charge in [0.1, 0.15) is 5.82 Å². The topological polar surface area (TPSA) is 120 Å². The molecule has 2 bridgehead atoms. The van der Waals surface area contributed by atoms with Crippen molar-refractivity contribution in [2.75, 3.05) is 49.1 Å². The maximum atomic E-state index is 11.7. The lowest BCUT2D eigenvalue weighted by Crippen LogP contribution is -2.43. The Kier molecular flexibility index (Phi) is 7.69. The van der Waals surface area contributed by atoms with Crippen molar-refractivity contribution in [3.63, 3.8) is 0 Å². The van der Waals surface area contributed by atoms with Crippen LogP contribution in [0, 0.1) is 0 Å². The molecule has 0 aliphatic carbocycles. The summed E-state index contributed by atoms with van der Waals surface area (Å²) in [7, 11) is 0. The van der Waals surface area contributed by atoms with Crippen LogP contribution >= 0.6 is 0 Å². The second kappa shape index (κ2) is 11.9. The van der Waals surface area contributed by atoms with E-state index in [2.05, 4.69) is 44.8 Å². The Balaban J connectivity index is 1.20. The SMILES string of the molecule is O=C(O)N(CCO)c1ccc(-c2nc(N3CC4CCC(C3)O4)c3cnn(C4CCN(Cc5ccccc5)CC4)c3n2)cc1. The largest absolute Gasteiger partial charge is 0.465 e. The van der Waals surface area contributed by atoms with Crippen molar-refractivity contribution in [3.8, 4) is 11.4 Å². The summed E-state index contributed by atoms with van der Waals surface area (Å²) < 4.78 is 8.22. The molecular weight excluding hydrogens is 546 g/mol. The number of ether oxygens (including phenoxy) is 1. The van der Waals surface area contributed by atoms with Crippen LogP contribution < -0.4 is 9.80 Å². The van der Waals surface area contributed by atoms with E-state index in [0.717, 1.165) is 85.7 Å². The first-order chi connectivity index (χ1) is 21.1. The number of carboxylic acid groups (broad SMARTS) is 1. The molecule has 3 aliphatic heterocycles. The van der Waals surface area contributed by atoms with Crippen LogP contribution in [0.2, 0.25) is 0 Å². The first-order valence-electron chi connectivity index (χ1n) is 15.2. The van der Waals surface area contributed by atoms with Crippen molar-refractivity contribution in [2.24, 2.45) is 0 Å². The zero-order chi connectivity index (χ0) is 29.3. The highest BCUT2D eigenvalue weighted by Crippen LogP contribution is 2.35. The number of nitrogens with zero attached hydrogens (tertiary/aromatic N) is 7. The maximum absolute atomic E-state index is 11.7. The van der Waals surface area contributed by atoms with Gasteiger partial charge in [0.05, 0.1) is 43.0 Å². The molecule has 4 aromatic rings. The fraction of sp³-hybridized carbons (Fsp3) is 0.438. The van der Waals surface area contributed by atoms with Gasteiger partial charge in [0.2, 0.25) is 0 Å². The molecule has 0 radical (unpaired) electrons. The molecule has 7 rings (SSSR count). The molecular formula is C32H37N7O4. The van der Waals surface area contributed by atoms with Crippen LogP contribution in [0.3, 0.4) is 0 Å². The van der Waals surface area contributed by atoms with Gasteiger partial charge in [-0.25, -0.2) is 19.4 Å². The number of carbonyl (C=O) groups is 1. The highest BCUT2D eigenvalue weighted by atomic mass is 16.5. The highest BCUT2D eigenvalue weighted by Gasteiger charge is 2.36. The normalized spacial score (nSPS) is 21.0. The molecule has 2 unspecified atom stereocenters. The molecule has 3 saturated heterocycles. The molecule has 5 heterocycles. The van der Waals surface area contributed by atoms with E-state index in [-0.39, 0.29) is 31.4 Å². The van der Waals surface area contributed by atoms with Gasteiger partial charge in [-0.15, -0.1) is 0 Å². The summed E-state index contributed by atoms with van der Waals surface area (Å²) >= 11 is 0. The smallest absolute Gasteiger partial charge is 0.411 e. The zero-order valence-electron chi connectivity index (χ0n) is 24.1. The van der Waals surface area contributed by atoms with Crippen molar-refractivity contribution in [1.82, 2.24) is 24.6 Å². The average Bonchev–Trinajstić information content (AvgIpc) is 3.62. The molecule has 11 heteroatoms. The van der Waals surface area contributed by atoms with Crippen LogP contribution in [0.15, 0.2) is 60.8 Å². The standard InChI is InChI=1S/C32H37N7O4/c40-17-16-38(32(41)42)24-8-6-23(7-9-24)29-34-30(37-20-26-10-11-27(21-37)43-26)28-18-33-39(31(28)35-29)25-12-14-36(15-13-25)19-22-4-2-1-3-5-22/h1-9,18,25-27,40H,10-17,19-21H2,(H,41,42). The minimum absolute atomic E-state index is 0.00397. The molecule has 11 nitrogen and oxygen atoms in total. The number of hydrogen-bond acceptors (Lipinski definition) is 8. The lowest BCUT2D eigenvalue weighted by atomic mass is 10.0. The molecule has 2 N–H and O–H groups in total. The number of likely N-dealkylation sites (tertiary alicyclic amines) is 1. The molecule has 1 amide bonds. The van der Waals surface area contributed by atoms with Crippen LogP contribution in [0.5, 0.6) is 0 Å². The van der Waals surface area contributed by atoms with Gasteiger partial charge in [0.15, 0.2) is 11.5 Å². The summed E-state index contributed by atoms with van der Waals surface area (Å²) in [6.07, 6.45) is 5.35. The second-order valence-electron chi connectivity index (χ2n) is 11.8. The average molecular weight is 584 g/mol. The molecule has 3 fully saturated rings. The van der Waals surface area contributed by atoms with E-state index in [1.165, 1.54) is 5.56 Å². The zero-order valence-corrected chi connectivity index (χ0v) is 24.1. The number of aliphatic hydroxyl groups excluding tert-OH is 1. The van der Waals surface area contributed by atoms with Gasteiger partial charge < -0.3 is 19.8 Å². The Morgan fingerprint density at radius 2 is 1.67 bits per heavy atom. The maximum Gasteiger partial charge on any atom is 0.411 e. The van der Waals surface area contributed by atoms with Gasteiger partial charge in [-0.2, -0.15) is 5.10 Å². The fourth-order valence-corrected chi connectivity index (χ4v) is 6.73. The minimum atomic E-state index is -1.11. The van der Waals surface area contributed by atoms with E-state index in [4.69, 9.17) is 19.8 Å². The van der Waals surface area contributed by atoms with Crippen LogP contribution in [0.4, 0.5) is 16.3 Å². The van der Waals surface area contributed by atoms with Gasteiger partial charge in [-0.05, 0) is 55.5 Å². The van der Waals surface area contributed by atoms with Crippen LogP contribution in [0.1, 0.15) is 37.3 Å². The van der Waals surface area contributed by atoms with Crippen molar-refractivity contribution in [2.45, 2.75) is 50.5 Å². The second-order valence-corrected chi connectivity index (χ2v) is 11.8. The summed E-state index contributed by atoms with van der Waals surface area (Å²) in [4.78, 5) is 27.8. The Bertz CT molecular complexity index is 1560. The quantitative estimate of drug-likeness (QED) is 0.315. The molecule has 0 spiro atoms. The number of morpholine rings is 1. The molecule has 0 saturated carbocycles. The Morgan fingerprint density at radius 1 is 0.953 bits per heavy atom. The van der Waals surface area contributed by atoms with E-state index < -0.39 is 6.09 Å². The molecule has 2 aromatic heterocycles. The lowest BCUT2D eigenvalue weighted by Gasteiger charge is -2.33. The third-order valence-corrected chi connectivity index (χ3v) is 8.92. The number of piperidine rings is 1. The third kappa shape index (κ3) is 5.67. The van der Waals surface area contributed by atoms with Crippen molar-refractivity contribution in [3.05, 3.63) is 66.4 Å². The highest BCUT2D eigenvalue weighted by molar-refractivity contribution is 5.89. The summed E-state index contributed by atoms with van der Waals surface area (Å²) in [5.74, 6) is 1.46. The van der Waals surface area contributed by atoms with Crippen LogP contribution in [-0.2, 0) is 11.3 Å². The summed E-state index contributed by atoms with van der Waals surface area (Å²) in [6, 6.07) is 18.0. The third-order valence-electron chi connectivity index (χ3n) is 8.92. The van der Waals surface area contributed by atoms with E-state index in [0.29, 0.717) is 11.5 Å². The predicted octanol–water partition coefficient (Wildman–Crippen LogP) is 4.17. The number of aromatic nitrogens is 4.